The normalized spacial score (nSPS) is 15.6. The van der Waals surface area contributed by atoms with Crippen molar-refractivity contribution in [2.45, 2.75) is 0 Å². The molecule has 0 saturated carbocycles. The van der Waals surface area contributed by atoms with Gasteiger partial charge in [0, 0.05) is 6.72 Å². The van der Waals surface area contributed by atoms with Crippen molar-refractivity contribution in [3.05, 3.63) is 230 Å². The molecular formula is C45H33IrN6O3. The van der Waals surface area contributed by atoms with Crippen molar-refractivity contribution in [1.82, 2.24) is 10.2 Å². The van der Waals surface area contributed by atoms with Gasteiger partial charge in [-0.05, 0) is 29.8 Å². The molecule has 0 fully saturated rings. The fourth-order valence-corrected chi connectivity index (χ4v) is 5.21. The van der Waals surface area contributed by atoms with Gasteiger partial charge in [0.25, 0.3) is 0 Å². The summed E-state index contributed by atoms with van der Waals surface area (Å²) in [7, 11) is 0. The van der Waals surface area contributed by atoms with Crippen LogP contribution in [0.5, 0.6) is 0 Å². The van der Waals surface area contributed by atoms with E-state index < -0.39 is 0 Å². The Hall–Kier alpha value is -7.00. The molecule has 0 unspecified atom stereocenters. The van der Waals surface area contributed by atoms with Gasteiger partial charge in [0.2, 0.25) is 0 Å². The van der Waals surface area contributed by atoms with Crippen molar-refractivity contribution in [2.24, 2.45) is 0 Å². The average molecular weight is 898 g/mol. The molecule has 55 heavy (non-hydrogen) atoms. The van der Waals surface area contributed by atoms with Crippen molar-refractivity contribution in [3.8, 4) is 22.9 Å². The zero-order valence-electron chi connectivity index (χ0n) is 29.5. The SMILES string of the molecule is C=[N+]1[N-]C(c2ccccc2)=[O+][C-]1c1[c-]cccc1.C=[n+]1[n-]c(-c2ccccc2)[o+]/c1=C1\[C-]=CC=C[CH-]1.C=[n+]1[n-]c(-c2ccccc2)[o+]/c1=C1\[C-]=CC=C[CH-]1.[Ir+3]. The van der Waals surface area contributed by atoms with Crippen LogP contribution in [0.3, 0.4) is 0 Å². The van der Waals surface area contributed by atoms with E-state index in [4.69, 9.17) is 13.3 Å². The second-order valence-electron chi connectivity index (χ2n) is 11.6. The van der Waals surface area contributed by atoms with E-state index in [1.165, 1.54) is 13.4 Å². The van der Waals surface area contributed by atoms with E-state index in [-0.39, 0.29) is 20.1 Å². The summed E-state index contributed by atoms with van der Waals surface area (Å²) < 4.78 is 21.7. The summed E-state index contributed by atoms with van der Waals surface area (Å²) in [6, 6.07) is 39.9. The molecule has 3 aliphatic rings. The first-order valence-corrected chi connectivity index (χ1v) is 16.8. The summed E-state index contributed by atoms with van der Waals surface area (Å²) in [6.45, 7) is 11.5. The maximum absolute atomic E-state index is 5.74. The molecule has 0 atom stereocenters. The quantitative estimate of drug-likeness (QED) is 0.133. The summed E-state index contributed by atoms with van der Waals surface area (Å²) in [5.41, 5.74) is 10.7. The Morgan fingerprint density at radius 3 is 1.51 bits per heavy atom. The number of hydrogen-bond acceptors (Lipinski definition) is 0. The number of benzene rings is 4. The summed E-state index contributed by atoms with van der Waals surface area (Å²) in [5, 5.41) is 8.55. The molecule has 0 amide bonds. The number of carbonyl (C=O) groups excluding carboxylic acids is 1. The van der Waals surface area contributed by atoms with Crippen LogP contribution in [-0.2, 0) is 20.1 Å². The van der Waals surface area contributed by atoms with Crippen LogP contribution in [0.1, 0.15) is 15.6 Å². The van der Waals surface area contributed by atoms with Crippen LogP contribution in [-0.4, -0.2) is 17.3 Å². The monoisotopic (exact) mass is 898 g/mol. The first-order chi connectivity index (χ1) is 26.5. The molecule has 2 aliphatic carbocycles. The van der Waals surface area contributed by atoms with Crippen LogP contribution in [0.4, 0.5) is 0 Å². The number of nitrogens with zero attached hydrogens (tertiary/aromatic N) is 6. The van der Waals surface area contributed by atoms with Gasteiger partial charge < -0.3 is 20.0 Å². The van der Waals surface area contributed by atoms with E-state index in [2.05, 4.69) is 54.0 Å². The smallest absolute Gasteiger partial charge is 0.410 e. The Balaban J connectivity index is 0.000000139. The van der Waals surface area contributed by atoms with Gasteiger partial charge in [-0.25, -0.2) is 58.0 Å². The zero-order valence-corrected chi connectivity index (χ0v) is 31.8. The van der Waals surface area contributed by atoms with Crippen molar-refractivity contribution in [3.63, 3.8) is 0 Å². The Kier molecular flexibility index (Phi) is 12.5. The van der Waals surface area contributed by atoms with E-state index in [0.717, 1.165) is 33.4 Å². The summed E-state index contributed by atoms with van der Waals surface area (Å²) in [6.07, 6.45) is 21.9. The van der Waals surface area contributed by atoms with Gasteiger partial charge in [-0.3, -0.25) is 25.7 Å². The standard InChI is InChI=1S/3C15H11N2O.Ir/c3*1-17-15(13-10-6-3-7-11-13)18-14(16-17)12-8-4-2-5-9-12;/h3*2-10H,1H2;/q3*-1;+3/b2*15-13-;;. The minimum Gasteiger partial charge on any atom is -0.410 e. The molecule has 9 rings (SSSR count). The molecule has 270 valence electrons. The van der Waals surface area contributed by atoms with Crippen LogP contribution in [0.2, 0.25) is 0 Å². The molecule has 0 N–H and O–H groups in total. The number of rotatable bonds is 4. The van der Waals surface area contributed by atoms with Gasteiger partial charge in [-0.15, -0.1) is 23.3 Å². The summed E-state index contributed by atoms with van der Waals surface area (Å²) in [5.74, 6) is 1.66. The minimum absolute atomic E-state index is 0. The fraction of sp³-hybridized carbons (Fsp3) is 0. The Morgan fingerprint density at radius 2 is 1.07 bits per heavy atom. The van der Waals surface area contributed by atoms with Gasteiger partial charge in [-0.2, -0.15) is 12.1 Å². The molecule has 6 aromatic rings. The Labute approximate surface area is 332 Å². The number of aromatic nitrogens is 4. The van der Waals surface area contributed by atoms with Gasteiger partial charge in [0.1, 0.15) is 13.4 Å². The molecule has 9 nitrogen and oxygen atoms in total. The van der Waals surface area contributed by atoms with Crippen LogP contribution in [0.25, 0.3) is 39.5 Å². The zero-order chi connectivity index (χ0) is 37.1. The molecule has 0 saturated heterocycles. The molecule has 10 heteroatoms. The molecule has 3 heterocycles. The van der Waals surface area contributed by atoms with E-state index >= 15 is 0 Å². The van der Waals surface area contributed by atoms with Gasteiger partial charge in [0.05, 0.1) is 11.1 Å². The minimum atomic E-state index is 0. The third kappa shape index (κ3) is 9.33. The molecule has 0 spiro atoms. The predicted molar refractivity (Wildman–Crippen MR) is 203 cm³/mol. The average Bonchev–Trinajstić information content (AvgIpc) is 3.96. The van der Waals surface area contributed by atoms with Crippen LogP contribution in [0.15, 0.2) is 161 Å². The molecule has 2 aromatic heterocycles. The predicted octanol–water partition coefficient (Wildman–Crippen LogP) is 5.51. The molecule has 4 aromatic carbocycles. The van der Waals surface area contributed by atoms with Crippen molar-refractivity contribution in [2.75, 3.05) is 0 Å². The Morgan fingerprint density at radius 1 is 0.600 bits per heavy atom. The first kappa shape index (κ1) is 37.7. The Bertz CT molecular complexity index is 2500. The van der Waals surface area contributed by atoms with Crippen LogP contribution < -0.4 is 30.0 Å². The third-order valence-corrected chi connectivity index (χ3v) is 7.80. The van der Waals surface area contributed by atoms with Gasteiger partial charge in [-0.1, -0.05) is 78.4 Å². The maximum Gasteiger partial charge on any atom is 3.00 e. The fourth-order valence-electron chi connectivity index (χ4n) is 5.21. The maximum atomic E-state index is 5.74. The summed E-state index contributed by atoms with van der Waals surface area (Å²) >= 11 is 0. The second kappa shape index (κ2) is 18.2. The van der Waals surface area contributed by atoms with Crippen LogP contribution in [0, 0.1) is 50.7 Å². The molecule has 1 aliphatic heterocycles. The van der Waals surface area contributed by atoms with Crippen LogP contribution >= 0.6 is 0 Å². The molecular weight excluding hydrogens is 865 g/mol. The first-order valence-electron chi connectivity index (χ1n) is 16.8. The topological polar surface area (TPSA) is 91.0 Å². The second-order valence-corrected chi connectivity index (χ2v) is 11.6. The summed E-state index contributed by atoms with van der Waals surface area (Å²) in [4.78, 5) is 0. The van der Waals surface area contributed by atoms with E-state index in [1.54, 1.807) is 0 Å². The van der Waals surface area contributed by atoms with E-state index in [1.807, 2.05) is 165 Å². The van der Waals surface area contributed by atoms with Crippen molar-refractivity contribution < 1.29 is 46.8 Å². The van der Waals surface area contributed by atoms with Gasteiger partial charge in [0.15, 0.2) is 5.91 Å². The van der Waals surface area contributed by atoms with Crippen molar-refractivity contribution >= 4 is 23.8 Å². The number of amides is 1. The van der Waals surface area contributed by atoms with E-state index in [9.17, 15) is 0 Å². The van der Waals surface area contributed by atoms with Crippen molar-refractivity contribution in [1.29, 1.82) is 0 Å². The molecule has 0 radical (unpaired) electrons. The van der Waals surface area contributed by atoms with Gasteiger partial charge >= 0.3 is 49.2 Å². The number of hydrogen-bond donors (Lipinski definition) is 0. The largest absolute Gasteiger partial charge is 3.00 e. The third-order valence-electron chi connectivity index (χ3n) is 7.80. The number of allylic oxidation sites excluding steroid dienone is 8. The molecule has 0 bridgehead atoms. The van der Waals surface area contributed by atoms with E-state index in [0.29, 0.717) is 35.0 Å².